The van der Waals surface area contributed by atoms with E-state index in [9.17, 15) is 13.2 Å². The molecule has 1 saturated carbocycles. The molecule has 8 heteroatoms. The summed E-state index contributed by atoms with van der Waals surface area (Å²) in [6.45, 7) is 0.301. The number of halogens is 3. The number of thiocarbonyl (C=S) groups is 1. The largest absolute Gasteiger partial charge is 0.417 e. The number of nitriles is 1. The molecule has 1 aliphatic heterocycles. The minimum Gasteiger partial charge on any atom is -0.308 e. The number of rotatable bonds is 3. The summed E-state index contributed by atoms with van der Waals surface area (Å²) in [5.41, 5.74) is 1.38. The molecule has 4 nitrogen and oxygen atoms in total. The average molecular weight is 480 g/mol. The number of hydroxylamine groups is 1. The van der Waals surface area contributed by atoms with Crippen LogP contribution in [0.4, 0.5) is 24.5 Å². The second kappa shape index (κ2) is 8.42. The maximum Gasteiger partial charge on any atom is 0.417 e. The molecule has 0 atom stereocenters. The van der Waals surface area contributed by atoms with Crippen LogP contribution >= 0.6 is 12.2 Å². The third-order valence-electron chi connectivity index (χ3n) is 6.48. The molecule has 172 valence electrons. The summed E-state index contributed by atoms with van der Waals surface area (Å²) >= 11 is 5.77. The van der Waals surface area contributed by atoms with Crippen molar-refractivity contribution >= 4 is 28.7 Å². The summed E-state index contributed by atoms with van der Waals surface area (Å²) < 4.78 is 40.6. The van der Waals surface area contributed by atoms with Crippen LogP contribution in [0.15, 0.2) is 72.8 Å². The van der Waals surface area contributed by atoms with Gasteiger partial charge in [0.25, 0.3) is 0 Å². The first kappa shape index (κ1) is 22.4. The number of nitrogens with zero attached hydrogens (tertiary/aromatic N) is 3. The number of anilines is 2. The summed E-state index contributed by atoms with van der Waals surface area (Å²) in [6.07, 6.45) is -1.88. The van der Waals surface area contributed by atoms with E-state index in [1.54, 1.807) is 6.07 Å². The van der Waals surface area contributed by atoms with Gasteiger partial charge in [-0.05, 0) is 72.9 Å². The highest BCUT2D eigenvalue weighted by Crippen LogP contribution is 2.45. The first-order valence-corrected chi connectivity index (χ1v) is 11.3. The first-order chi connectivity index (χ1) is 16.3. The summed E-state index contributed by atoms with van der Waals surface area (Å²) in [5.74, 6) is 0. The van der Waals surface area contributed by atoms with Gasteiger partial charge in [-0.1, -0.05) is 42.5 Å². The standard InChI is InChI=1S/C26H20F3N3OS/c27-26(28,29)23-15-22(12-9-20(23)16-30)32-24(34)31(25(17-33-32)13-4-14-25)21-10-7-19(8-11-21)18-5-2-1-3-6-18/h1-3,5-12,15H,4,13-14,17H2. The Balaban J connectivity index is 1.50. The molecule has 3 aromatic rings. The van der Waals surface area contributed by atoms with E-state index in [1.807, 2.05) is 59.5 Å². The Kier molecular flexibility index (Phi) is 5.54. The summed E-state index contributed by atoms with van der Waals surface area (Å²) in [4.78, 5) is 7.93. The maximum atomic E-state index is 13.5. The summed E-state index contributed by atoms with van der Waals surface area (Å²) in [7, 11) is 0. The van der Waals surface area contributed by atoms with Crippen LogP contribution in [0.1, 0.15) is 30.4 Å². The zero-order valence-electron chi connectivity index (χ0n) is 18.0. The van der Waals surface area contributed by atoms with E-state index in [-0.39, 0.29) is 16.3 Å². The molecule has 2 aliphatic rings. The van der Waals surface area contributed by atoms with Crippen LogP contribution in [0.2, 0.25) is 0 Å². The first-order valence-electron chi connectivity index (χ1n) is 10.9. The molecule has 0 amide bonds. The normalized spacial score (nSPS) is 17.4. The molecule has 2 fully saturated rings. The van der Waals surface area contributed by atoms with Gasteiger partial charge >= 0.3 is 6.18 Å². The monoisotopic (exact) mass is 479 g/mol. The Morgan fingerprint density at radius 2 is 1.56 bits per heavy atom. The fourth-order valence-electron chi connectivity index (χ4n) is 4.54. The van der Waals surface area contributed by atoms with Gasteiger partial charge in [0.2, 0.25) is 5.11 Å². The Bertz CT molecular complexity index is 1270. The van der Waals surface area contributed by atoms with E-state index in [0.717, 1.165) is 48.2 Å². The van der Waals surface area contributed by atoms with Crippen LogP contribution in [0.3, 0.4) is 0 Å². The van der Waals surface area contributed by atoms with Crippen molar-refractivity contribution in [3.05, 3.63) is 83.9 Å². The molecular weight excluding hydrogens is 459 g/mol. The van der Waals surface area contributed by atoms with Crippen molar-refractivity contribution in [2.24, 2.45) is 0 Å². The van der Waals surface area contributed by atoms with Gasteiger partial charge in [0.05, 0.1) is 35.0 Å². The molecule has 1 aliphatic carbocycles. The lowest BCUT2D eigenvalue weighted by atomic mass is 9.75. The molecule has 0 bridgehead atoms. The Hall–Kier alpha value is -3.41. The van der Waals surface area contributed by atoms with Gasteiger partial charge in [-0.3, -0.25) is 4.84 Å². The lowest BCUT2D eigenvalue weighted by molar-refractivity contribution is -0.137. The zero-order chi connectivity index (χ0) is 23.9. The van der Waals surface area contributed by atoms with Crippen molar-refractivity contribution in [1.82, 2.24) is 0 Å². The molecule has 34 heavy (non-hydrogen) atoms. The van der Waals surface area contributed by atoms with E-state index >= 15 is 0 Å². The SMILES string of the molecule is N#Cc1ccc(N2OCC3(CCC3)N(c3ccc(-c4ccccc4)cc3)C2=S)cc1C(F)(F)F. The number of hydrogen-bond donors (Lipinski definition) is 0. The second-order valence-electron chi connectivity index (χ2n) is 8.52. The minimum atomic E-state index is -4.67. The lowest BCUT2D eigenvalue weighted by Gasteiger charge is -2.55. The van der Waals surface area contributed by atoms with Crippen molar-refractivity contribution < 1.29 is 18.0 Å². The Labute approximate surface area is 200 Å². The van der Waals surface area contributed by atoms with Gasteiger partial charge in [0.15, 0.2) is 0 Å². The summed E-state index contributed by atoms with van der Waals surface area (Å²) in [5, 5.41) is 10.6. The van der Waals surface area contributed by atoms with E-state index in [1.165, 1.54) is 11.1 Å². The van der Waals surface area contributed by atoms with Crippen LogP contribution < -0.4 is 9.96 Å². The molecule has 3 aromatic carbocycles. The number of benzene rings is 3. The summed E-state index contributed by atoms with van der Waals surface area (Å²) in [6, 6.07) is 23.1. The van der Waals surface area contributed by atoms with Gasteiger partial charge in [0.1, 0.15) is 0 Å². The highest BCUT2D eigenvalue weighted by atomic mass is 32.1. The average Bonchev–Trinajstić information content (AvgIpc) is 2.82. The van der Waals surface area contributed by atoms with E-state index in [4.69, 9.17) is 22.3 Å². The van der Waals surface area contributed by atoms with Crippen molar-refractivity contribution in [3.8, 4) is 17.2 Å². The van der Waals surface area contributed by atoms with Crippen molar-refractivity contribution in [3.63, 3.8) is 0 Å². The molecule has 0 aromatic heterocycles. The minimum absolute atomic E-state index is 0.136. The van der Waals surface area contributed by atoms with Gasteiger partial charge < -0.3 is 4.90 Å². The predicted molar refractivity (Wildman–Crippen MR) is 128 cm³/mol. The number of hydrogen-bond acceptors (Lipinski definition) is 3. The van der Waals surface area contributed by atoms with Gasteiger partial charge in [-0.15, -0.1) is 0 Å². The zero-order valence-corrected chi connectivity index (χ0v) is 18.9. The van der Waals surface area contributed by atoms with E-state index in [0.29, 0.717) is 6.61 Å². The molecule has 1 heterocycles. The van der Waals surface area contributed by atoms with Crippen LogP contribution in [0.5, 0.6) is 0 Å². The van der Waals surface area contributed by atoms with E-state index in [2.05, 4.69) is 0 Å². The van der Waals surface area contributed by atoms with Crippen molar-refractivity contribution in [2.75, 3.05) is 16.6 Å². The smallest absolute Gasteiger partial charge is 0.308 e. The molecule has 0 radical (unpaired) electrons. The Morgan fingerprint density at radius 1 is 0.912 bits per heavy atom. The predicted octanol–water partition coefficient (Wildman–Crippen LogP) is 6.71. The van der Waals surface area contributed by atoms with Crippen LogP contribution in [0, 0.1) is 11.3 Å². The highest BCUT2D eigenvalue weighted by Gasteiger charge is 2.50. The Morgan fingerprint density at radius 3 is 2.15 bits per heavy atom. The fourth-order valence-corrected chi connectivity index (χ4v) is 5.00. The molecular formula is C26H20F3N3OS. The number of alkyl halides is 3. The van der Waals surface area contributed by atoms with Crippen molar-refractivity contribution in [1.29, 1.82) is 5.26 Å². The van der Waals surface area contributed by atoms with Crippen LogP contribution in [-0.4, -0.2) is 17.3 Å². The van der Waals surface area contributed by atoms with Crippen molar-refractivity contribution in [2.45, 2.75) is 31.0 Å². The molecule has 0 unspecified atom stereocenters. The lowest BCUT2D eigenvalue weighted by Crippen LogP contribution is -2.67. The molecule has 1 spiro atoms. The molecule has 0 N–H and O–H groups in total. The van der Waals surface area contributed by atoms with E-state index < -0.39 is 17.3 Å². The third kappa shape index (κ3) is 3.81. The quantitative estimate of drug-likeness (QED) is 0.391. The van der Waals surface area contributed by atoms with Crippen LogP contribution in [0.25, 0.3) is 11.1 Å². The molecule has 5 rings (SSSR count). The second-order valence-corrected chi connectivity index (χ2v) is 8.88. The fraction of sp³-hybridized carbons (Fsp3) is 0.231. The highest BCUT2D eigenvalue weighted by molar-refractivity contribution is 7.80. The maximum absolute atomic E-state index is 13.5. The van der Waals surface area contributed by atoms with Gasteiger partial charge in [-0.2, -0.15) is 23.5 Å². The third-order valence-corrected chi connectivity index (χ3v) is 6.83. The van der Waals surface area contributed by atoms with Crippen LogP contribution in [-0.2, 0) is 11.0 Å². The molecule has 1 saturated heterocycles. The topological polar surface area (TPSA) is 39.5 Å². The van der Waals surface area contributed by atoms with Gasteiger partial charge in [0, 0.05) is 5.69 Å². The van der Waals surface area contributed by atoms with Gasteiger partial charge in [-0.25, -0.2) is 0 Å².